The minimum absolute atomic E-state index is 0.116. The fourth-order valence-electron chi connectivity index (χ4n) is 0.225. The summed E-state index contributed by atoms with van der Waals surface area (Å²) in [6.07, 6.45) is 0. The van der Waals surface area contributed by atoms with E-state index in [0.29, 0.717) is 6.61 Å². The molecule has 0 spiro atoms. The monoisotopic (exact) mass is 186 g/mol. The molecule has 1 atom stereocenters. The highest BCUT2D eigenvalue weighted by atomic mass is 79.9. The zero-order chi connectivity index (χ0) is 5.70. The van der Waals surface area contributed by atoms with Crippen molar-refractivity contribution in [1.82, 2.24) is 0 Å². The van der Waals surface area contributed by atoms with Gasteiger partial charge < -0.3 is 4.74 Å². The molecule has 0 aliphatic rings. The van der Waals surface area contributed by atoms with Gasteiger partial charge >= 0.3 is 0 Å². The van der Waals surface area contributed by atoms with Gasteiger partial charge in [0, 0.05) is 12.4 Å². The summed E-state index contributed by atoms with van der Waals surface area (Å²) in [6, 6.07) is 0. The van der Waals surface area contributed by atoms with E-state index >= 15 is 0 Å². The molecule has 0 aromatic rings. The topological polar surface area (TPSA) is 9.23 Å². The molecule has 0 amide bonds. The lowest BCUT2D eigenvalue weighted by Gasteiger charge is -1.99. The average molecular weight is 187 g/mol. The number of methoxy groups -OCH3 is 1. The van der Waals surface area contributed by atoms with Crippen LogP contribution >= 0.6 is 27.5 Å². The molecule has 0 aromatic carbocycles. The first-order chi connectivity index (χ1) is 3.31. The van der Waals surface area contributed by atoms with Crippen molar-refractivity contribution in [3.05, 3.63) is 0 Å². The molecule has 0 bridgehead atoms. The maximum absolute atomic E-state index is 5.59. The van der Waals surface area contributed by atoms with Crippen LogP contribution in [0.5, 0.6) is 0 Å². The number of halogens is 2. The molecule has 0 fully saturated rings. The van der Waals surface area contributed by atoms with Gasteiger partial charge in [-0.25, -0.2) is 0 Å². The predicted molar refractivity (Wildman–Crippen MR) is 35.3 cm³/mol. The normalized spacial score (nSPS) is 14.1. The van der Waals surface area contributed by atoms with E-state index < -0.39 is 0 Å². The quantitative estimate of drug-likeness (QED) is 0.611. The van der Waals surface area contributed by atoms with Gasteiger partial charge in [-0.1, -0.05) is 15.9 Å². The van der Waals surface area contributed by atoms with E-state index in [1.54, 1.807) is 7.11 Å². The summed E-state index contributed by atoms with van der Waals surface area (Å²) in [5.41, 5.74) is 0. The Balaban J connectivity index is 2.83. The van der Waals surface area contributed by atoms with Crippen molar-refractivity contribution in [1.29, 1.82) is 0 Å². The Morgan fingerprint density at radius 2 is 2.43 bits per heavy atom. The first-order valence-electron chi connectivity index (χ1n) is 2.00. The van der Waals surface area contributed by atoms with Crippen molar-refractivity contribution < 1.29 is 4.74 Å². The Hall–Kier alpha value is 0.730. The molecule has 1 nitrogen and oxygen atoms in total. The lowest BCUT2D eigenvalue weighted by molar-refractivity contribution is 0.202. The molecule has 0 N–H and O–H groups in total. The second-order valence-electron chi connectivity index (χ2n) is 1.21. The van der Waals surface area contributed by atoms with Gasteiger partial charge in [0.2, 0.25) is 0 Å². The van der Waals surface area contributed by atoms with Gasteiger partial charge in [0.15, 0.2) is 0 Å². The number of hydrogen-bond donors (Lipinski definition) is 0. The van der Waals surface area contributed by atoms with Crippen LogP contribution in [-0.2, 0) is 4.74 Å². The Bertz CT molecular complexity index is 42.7. The number of ether oxygens (including phenoxy) is 1. The van der Waals surface area contributed by atoms with E-state index in [4.69, 9.17) is 16.3 Å². The van der Waals surface area contributed by atoms with Gasteiger partial charge in [-0.2, -0.15) is 0 Å². The van der Waals surface area contributed by atoms with Crippen LogP contribution in [0.4, 0.5) is 0 Å². The summed E-state index contributed by atoms with van der Waals surface area (Å²) in [4.78, 5) is 0. The predicted octanol–water partition coefficient (Wildman–Crippen LogP) is 1.64. The first-order valence-corrected chi connectivity index (χ1v) is 3.56. The van der Waals surface area contributed by atoms with Crippen molar-refractivity contribution >= 4 is 27.5 Å². The third-order valence-electron chi connectivity index (χ3n) is 0.515. The maximum atomic E-state index is 5.59. The van der Waals surface area contributed by atoms with Crippen LogP contribution in [0.15, 0.2) is 0 Å². The summed E-state index contributed by atoms with van der Waals surface area (Å²) in [6.45, 7) is 0.618. The summed E-state index contributed by atoms with van der Waals surface area (Å²) in [5, 5.41) is 0.910. The molecule has 0 aliphatic heterocycles. The third kappa shape index (κ3) is 4.59. The van der Waals surface area contributed by atoms with Crippen LogP contribution in [0, 0.1) is 0 Å². The van der Waals surface area contributed by atoms with E-state index in [-0.39, 0.29) is 5.38 Å². The Morgan fingerprint density at radius 1 is 1.86 bits per heavy atom. The molecule has 44 valence electrons. The lowest BCUT2D eigenvalue weighted by atomic mass is 10.5. The highest BCUT2D eigenvalue weighted by Gasteiger charge is 1.97. The van der Waals surface area contributed by atoms with Crippen molar-refractivity contribution in [2.24, 2.45) is 0 Å². The van der Waals surface area contributed by atoms with E-state index in [1.807, 2.05) is 0 Å². The number of alkyl halides is 2. The van der Waals surface area contributed by atoms with Crippen LogP contribution < -0.4 is 0 Å². The standard InChI is InChI=1S/C4H8BrClO/c1-7-3-4(6)2-5/h4H,2-3H2,1H3. The largest absolute Gasteiger partial charge is 0.383 e. The number of hydrogen-bond acceptors (Lipinski definition) is 1. The minimum atomic E-state index is 0.116. The zero-order valence-corrected chi connectivity index (χ0v) is 6.50. The molecule has 3 heteroatoms. The van der Waals surface area contributed by atoms with Crippen LogP contribution in [-0.4, -0.2) is 24.4 Å². The molecule has 0 heterocycles. The van der Waals surface area contributed by atoms with Crippen molar-refractivity contribution in [2.45, 2.75) is 5.38 Å². The average Bonchev–Trinajstić information content (AvgIpc) is 1.68. The van der Waals surface area contributed by atoms with Crippen LogP contribution in [0.3, 0.4) is 0 Å². The third-order valence-corrected chi connectivity index (χ3v) is 1.95. The second kappa shape index (κ2) is 4.88. The Morgan fingerprint density at radius 3 is 2.57 bits per heavy atom. The van der Waals surface area contributed by atoms with Gasteiger partial charge in [0.25, 0.3) is 0 Å². The molecule has 0 saturated heterocycles. The first kappa shape index (κ1) is 7.73. The van der Waals surface area contributed by atoms with E-state index in [2.05, 4.69) is 15.9 Å². The summed E-state index contributed by atoms with van der Waals surface area (Å²) in [7, 11) is 1.64. The summed E-state index contributed by atoms with van der Waals surface area (Å²) in [5.74, 6) is 0. The van der Waals surface area contributed by atoms with Gasteiger partial charge in [-0.15, -0.1) is 11.6 Å². The Kier molecular flexibility index (Phi) is 5.39. The molecule has 0 rings (SSSR count). The van der Waals surface area contributed by atoms with Crippen LogP contribution in [0.1, 0.15) is 0 Å². The van der Waals surface area contributed by atoms with Crippen molar-refractivity contribution in [3.8, 4) is 0 Å². The molecule has 0 aromatic heterocycles. The molecule has 0 radical (unpaired) electrons. The Labute approximate surface area is 57.1 Å². The SMILES string of the molecule is COCC(Cl)CBr. The second-order valence-corrected chi connectivity index (χ2v) is 2.47. The fourth-order valence-corrected chi connectivity index (χ4v) is 0.538. The smallest absolute Gasteiger partial charge is 0.0666 e. The molecule has 0 aliphatic carbocycles. The molecule has 1 unspecified atom stereocenters. The van der Waals surface area contributed by atoms with E-state index in [1.165, 1.54) is 0 Å². The molecule has 0 saturated carbocycles. The van der Waals surface area contributed by atoms with Crippen molar-refractivity contribution in [3.63, 3.8) is 0 Å². The highest BCUT2D eigenvalue weighted by molar-refractivity contribution is 9.09. The van der Waals surface area contributed by atoms with E-state index in [0.717, 1.165) is 5.33 Å². The molecular weight excluding hydrogens is 179 g/mol. The van der Waals surface area contributed by atoms with Gasteiger partial charge in [0.1, 0.15) is 0 Å². The molecular formula is C4H8BrClO. The lowest BCUT2D eigenvalue weighted by Crippen LogP contribution is -2.07. The van der Waals surface area contributed by atoms with Crippen LogP contribution in [0.25, 0.3) is 0 Å². The minimum Gasteiger partial charge on any atom is -0.383 e. The molecule has 7 heavy (non-hydrogen) atoms. The maximum Gasteiger partial charge on any atom is 0.0666 e. The zero-order valence-electron chi connectivity index (χ0n) is 4.16. The van der Waals surface area contributed by atoms with Gasteiger partial charge in [-0.05, 0) is 0 Å². The van der Waals surface area contributed by atoms with E-state index in [9.17, 15) is 0 Å². The van der Waals surface area contributed by atoms with Gasteiger partial charge in [0.05, 0.1) is 12.0 Å². The fraction of sp³-hybridized carbons (Fsp3) is 1.00. The highest BCUT2D eigenvalue weighted by Crippen LogP contribution is 1.98. The number of rotatable bonds is 3. The van der Waals surface area contributed by atoms with Crippen molar-refractivity contribution in [2.75, 3.05) is 19.0 Å². The van der Waals surface area contributed by atoms with Crippen LogP contribution in [0.2, 0.25) is 0 Å². The summed E-state index contributed by atoms with van der Waals surface area (Å²) < 4.78 is 4.73. The van der Waals surface area contributed by atoms with Gasteiger partial charge in [-0.3, -0.25) is 0 Å². The summed E-state index contributed by atoms with van der Waals surface area (Å²) >= 11 is 8.80.